The van der Waals surface area contributed by atoms with Gasteiger partial charge in [0, 0.05) is 5.92 Å². The van der Waals surface area contributed by atoms with Crippen LogP contribution in [0.5, 0.6) is 0 Å². The van der Waals surface area contributed by atoms with Crippen LogP contribution < -0.4 is 0 Å². The third-order valence-corrected chi connectivity index (χ3v) is 3.36. The van der Waals surface area contributed by atoms with Crippen molar-refractivity contribution in [2.75, 3.05) is 7.11 Å². The molecule has 94 valence electrons. The second-order valence-corrected chi connectivity index (χ2v) is 5.18. The Hall–Kier alpha value is -1.32. The molecule has 1 N–H and O–H groups in total. The molecule has 1 heterocycles. The molecular weight excluding hydrogens is 216 g/mol. The van der Waals surface area contributed by atoms with E-state index in [4.69, 9.17) is 4.74 Å². The fourth-order valence-electron chi connectivity index (χ4n) is 2.26. The number of aromatic nitrogens is 2. The number of hydrogen-bond acceptors (Lipinski definition) is 3. The first-order valence-electron chi connectivity index (χ1n) is 6.29. The number of H-pyrrole nitrogens is 1. The van der Waals surface area contributed by atoms with Crippen molar-refractivity contribution >= 4 is 5.97 Å². The highest BCUT2D eigenvalue weighted by Crippen LogP contribution is 2.38. The molecule has 0 amide bonds. The molecule has 0 unspecified atom stereocenters. The van der Waals surface area contributed by atoms with Crippen molar-refractivity contribution in [2.24, 2.45) is 5.92 Å². The van der Waals surface area contributed by atoms with Gasteiger partial charge in [0.05, 0.1) is 18.5 Å². The van der Waals surface area contributed by atoms with E-state index in [0.29, 0.717) is 17.4 Å². The van der Waals surface area contributed by atoms with Crippen LogP contribution in [0.3, 0.4) is 0 Å². The molecule has 17 heavy (non-hydrogen) atoms. The zero-order valence-electron chi connectivity index (χ0n) is 10.7. The number of methoxy groups -OCH3 is 1. The summed E-state index contributed by atoms with van der Waals surface area (Å²) in [4.78, 5) is 11.9. The van der Waals surface area contributed by atoms with Crippen molar-refractivity contribution in [3.05, 3.63) is 17.0 Å². The normalized spacial score (nSPS) is 16.0. The first-order chi connectivity index (χ1) is 8.13. The third-order valence-electron chi connectivity index (χ3n) is 3.36. The summed E-state index contributed by atoms with van der Waals surface area (Å²) >= 11 is 0. The standard InChI is InChI=1S/C13H20N2O2/c1-8(2)7-10-11(13(16)17-3)12(15-14-10)9-5-4-6-9/h8-9H,4-7H2,1-3H3,(H,14,15). The number of nitrogens with one attached hydrogen (secondary N) is 1. The van der Waals surface area contributed by atoms with Gasteiger partial charge in [-0.05, 0) is 25.2 Å². The van der Waals surface area contributed by atoms with Gasteiger partial charge >= 0.3 is 5.97 Å². The minimum Gasteiger partial charge on any atom is -0.465 e. The smallest absolute Gasteiger partial charge is 0.341 e. The summed E-state index contributed by atoms with van der Waals surface area (Å²) in [6, 6.07) is 0. The molecule has 1 saturated carbocycles. The summed E-state index contributed by atoms with van der Waals surface area (Å²) in [7, 11) is 1.43. The summed E-state index contributed by atoms with van der Waals surface area (Å²) in [6.07, 6.45) is 4.34. The van der Waals surface area contributed by atoms with E-state index in [1.165, 1.54) is 13.5 Å². The van der Waals surface area contributed by atoms with Crippen molar-refractivity contribution in [2.45, 2.75) is 45.4 Å². The zero-order valence-corrected chi connectivity index (χ0v) is 10.7. The predicted octanol–water partition coefficient (Wildman–Crippen LogP) is 2.66. The Balaban J connectivity index is 2.32. The lowest BCUT2D eigenvalue weighted by Gasteiger charge is -2.24. The molecule has 0 aliphatic heterocycles. The lowest BCUT2D eigenvalue weighted by atomic mass is 9.81. The van der Waals surface area contributed by atoms with Crippen molar-refractivity contribution in [3.63, 3.8) is 0 Å². The molecule has 2 rings (SSSR count). The van der Waals surface area contributed by atoms with E-state index in [1.54, 1.807) is 0 Å². The SMILES string of the molecule is COC(=O)c1c(C2CCC2)n[nH]c1CC(C)C. The largest absolute Gasteiger partial charge is 0.465 e. The van der Waals surface area contributed by atoms with Gasteiger partial charge in [-0.3, -0.25) is 5.10 Å². The monoisotopic (exact) mass is 236 g/mol. The molecule has 0 saturated heterocycles. The van der Waals surface area contributed by atoms with Gasteiger partial charge in [0.1, 0.15) is 5.56 Å². The summed E-state index contributed by atoms with van der Waals surface area (Å²) < 4.78 is 4.88. The van der Waals surface area contributed by atoms with Crippen molar-refractivity contribution in [1.29, 1.82) is 0 Å². The van der Waals surface area contributed by atoms with Gasteiger partial charge in [0.2, 0.25) is 0 Å². The number of carbonyl (C=O) groups is 1. The Kier molecular flexibility index (Phi) is 3.50. The van der Waals surface area contributed by atoms with Crippen LogP contribution in [-0.4, -0.2) is 23.3 Å². The quantitative estimate of drug-likeness (QED) is 0.818. The number of aromatic amines is 1. The molecule has 0 bridgehead atoms. The highest BCUT2D eigenvalue weighted by atomic mass is 16.5. The van der Waals surface area contributed by atoms with Crippen molar-refractivity contribution < 1.29 is 9.53 Å². The average molecular weight is 236 g/mol. The predicted molar refractivity (Wildman–Crippen MR) is 65.1 cm³/mol. The first-order valence-corrected chi connectivity index (χ1v) is 6.29. The van der Waals surface area contributed by atoms with E-state index in [9.17, 15) is 4.79 Å². The van der Waals surface area contributed by atoms with Crippen LogP contribution in [0.2, 0.25) is 0 Å². The van der Waals surface area contributed by atoms with Gasteiger partial charge in [-0.15, -0.1) is 0 Å². The van der Waals surface area contributed by atoms with E-state index in [2.05, 4.69) is 24.0 Å². The van der Waals surface area contributed by atoms with Crippen molar-refractivity contribution in [3.8, 4) is 0 Å². The third kappa shape index (κ3) is 2.35. The maximum atomic E-state index is 11.9. The van der Waals surface area contributed by atoms with Gasteiger partial charge in [-0.25, -0.2) is 4.79 Å². The topological polar surface area (TPSA) is 55.0 Å². The summed E-state index contributed by atoms with van der Waals surface area (Å²) in [5, 5.41) is 7.35. The Morgan fingerprint density at radius 2 is 2.24 bits per heavy atom. The maximum absolute atomic E-state index is 11.9. The molecule has 1 aromatic heterocycles. The fourth-order valence-corrected chi connectivity index (χ4v) is 2.26. The van der Waals surface area contributed by atoms with Crippen LogP contribution >= 0.6 is 0 Å². The average Bonchev–Trinajstić information content (AvgIpc) is 2.57. The minimum atomic E-state index is -0.253. The molecule has 1 aromatic rings. The Labute approximate surface area is 102 Å². The Bertz CT molecular complexity index is 406. The molecule has 1 aliphatic carbocycles. The molecule has 0 radical (unpaired) electrons. The number of hydrogen-bond donors (Lipinski definition) is 1. The van der Waals surface area contributed by atoms with E-state index < -0.39 is 0 Å². The van der Waals surface area contributed by atoms with Crippen LogP contribution in [0.25, 0.3) is 0 Å². The van der Waals surface area contributed by atoms with E-state index in [1.807, 2.05) is 0 Å². The molecule has 4 nitrogen and oxygen atoms in total. The van der Waals surface area contributed by atoms with E-state index in [-0.39, 0.29) is 5.97 Å². The molecule has 1 aliphatic rings. The van der Waals surface area contributed by atoms with Gasteiger partial charge in [0.25, 0.3) is 0 Å². The number of rotatable bonds is 4. The Morgan fingerprint density at radius 3 is 2.71 bits per heavy atom. The van der Waals surface area contributed by atoms with Gasteiger partial charge in [-0.1, -0.05) is 20.3 Å². The van der Waals surface area contributed by atoms with Gasteiger partial charge in [0.15, 0.2) is 0 Å². The highest BCUT2D eigenvalue weighted by Gasteiger charge is 2.30. The second-order valence-electron chi connectivity index (χ2n) is 5.18. The van der Waals surface area contributed by atoms with Crippen LogP contribution in [0, 0.1) is 5.92 Å². The first kappa shape index (κ1) is 12.1. The molecule has 0 aromatic carbocycles. The highest BCUT2D eigenvalue weighted by molar-refractivity contribution is 5.92. The van der Waals surface area contributed by atoms with Crippen LogP contribution in [-0.2, 0) is 11.2 Å². The molecular formula is C13H20N2O2. The van der Waals surface area contributed by atoms with E-state index >= 15 is 0 Å². The van der Waals surface area contributed by atoms with Gasteiger partial charge in [-0.2, -0.15) is 5.10 Å². The summed E-state index contributed by atoms with van der Waals surface area (Å²) in [6.45, 7) is 4.26. The zero-order chi connectivity index (χ0) is 12.4. The molecule has 0 spiro atoms. The molecule has 1 fully saturated rings. The van der Waals surface area contributed by atoms with Crippen molar-refractivity contribution in [1.82, 2.24) is 10.2 Å². The van der Waals surface area contributed by atoms with Crippen LogP contribution in [0.1, 0.15) is 60.8 Å². The fraction of sp³-hybridized carbons (Fsp3) is 0.692. The van der Waals surface area contributed by atoms with Gasteiger partial charge < -0.3 is 4.74 Å². The van der Waals surface area contributed by atoms with Crippen LogP contribution in [0.15, 0.2) is 0 Å². The second kappa shape index (κ2) is 4.90. The summed E-state index contributed by atoms with van der Waals surface area (Å²) in [5.74, 6) is 0.686. The number of nitrogens with zero attached hydrogens (tertiary/aromatic N) is 1. The minimum absolute atomic E-state index is 0.253. The van der Waals surface area contributed by atoms with E-state index in [0.717, 1.165) is 30.7 Å². The number of esters is 1. The Morgan fingerprint density at radius 1 is 1.53 bits per heavy atom. The maximum Gasteiger partial charge on any atom is 0.341 e. The number of ether oxygens (including phenoxy) is 1. The van der Waals surface area contributed by atoms with Crippen LogP contribution in [0.4, 0.5) is 0 Å². The summed E-state index contributed by atoms with van der Waals surface area (Å²) in [5.41, 5.74) is 2.53. The molecule has 0 atom stereocenters. The lowest BCUT2D eigenvalue weighted by Crippen LogP contribution is -2.15. The number of carbonyl (C=O) groups excluding carboxylic acids is 1. The lowest BCUT2D eigenvalue weighted by molar-refractivity contribution is 0.0596. The molecule has 4 heteroatoms.